The summed E-state index contributed by atoms with van der Waals surface area (Å²) in [6, 6.07) is 3.77. The second-order valence-corrected chi connectivity index (χ2v) is 4.82. The molecule has 0 spiro atoms. The molecule has 0 aromatic carbocycles. The molecule has 0 aliphatic carbocycles. The van der Waals surface area contributed by atoms with Gasteiger partial charge in [-0.3, -0.25) is 0 Å². The Morgan fingerprint density at radius 3 is 2.86 bits per heavy atom. The Kier molecular flexibility index (Phi) is 2.74. The lowest BCUT2D eigenvalue weighted by Crippen LogP contribution is -2.44. The van der Waals surface area contributed by atoms with Gasteiger partial charge in [-0.2, -0.15) is 0 Å². The Hall–Kier alpha value is -0.610. The van der Waals surface area contributed by atoms with Crippen LogP contribution in [0.3, 0.4) is 0 Å². The van der Waals surface area contributed by atoms with E-state index < -0.39 is 0 Å². The monoisotopic (exact) mass is 257 g/mol. The van der Waals surface area contributed by atoms with Crippen molar-refractivity contribution in [1.82, 2.24) is 4.98 Å². The normalized spacial score (nSPS) is 18.7. The first-order chi connectivity index (χ1) is 6.68. The van der Waals surface area contributed by atoms with E-state index in [2.05, 4.69) is 27.8 Å². The maximum atomic E-state index is 5.56. The fraction of sp³-hybridized carbons (Fsp3) is 0.500. The number of halogens is 1. The van der Waals surface area contributed by atoms with Gasteiger partial charge in [-0.1, -0.05) is 6.92 Å². The first-order valence-electron chi connectivity index (χ1n) is 4.50. The molecule has 0 unspecified atom stereocenters. The molecule has 1 aromatic rings. The lowest BCUT2D eigenvalue weighted by atomic mass is 9.90. The Balaban J connectivity index is 1.88. The standard InChI is InChI=1S/C10H12BrNO2/c1-10(5-13-6-10)7-14-9-3-2-8(11)4-12-9/h2-4H,5-7H2,1H3. The van der Waals surface area contributed by atoms with Crippen LogP contribution in [-0.4, -0.2) is 24.8 Å². The van der Waals surface area contributed by atoms with Gasteiger partial charge in [0.25, 0.3) is 0 Å². The fourth-order valence-electron chi connectivity index (χ4n) is 1.23. The second-order valence-electron chi connectivity index (χ2n) is 3.91. The van der Waals surface area contributed by atoms with Crippen LogP contribution in [0.5, 0.6) is 5.88 Å². The minimum absolute atomic E-state index is 0.175. The van der Waals surface area contributed by atoms with Crippen LogP contribution in [0.4, 0.5) is 0 Å². The maximum Gasteiger partial charge on any atom is 0.213 e. The van der Waals surface area contributed by atoms with E-state index in [1.54, 1.807) is 6.20 Å². The van der Waals surface area contributed by atoms with E-state index in [0.717, 1.165) is 17.7 Å². The lowest BCUT2D eigenvalue weighted by molar-refractivity contribution is -0.120. The van der Waals surface area contributed by atoms with Crippen molar-refractivity contribution in [3.63, 3.8) is 0 Å². The molecule has 1 aliphatic rings. The number of nitrogens with zero attached hydrogens (tertiary/aromatic N) is 1. The van der Waals surface area contributed by atoms with Gasteiger partial charge in [0.2, 0.25) is 5.88 Å². The van der Waals surface area contributed by atoms with Gasteiger partial charge in [-0.15, -0.1) is 0 Å². The summed E-state index contributed by atoms with van der Waals surface area (Å²) in [5, 5.41) is 0. The average molecular weight is 258 g/mol. The van der Waals surface area contributed by atoms with E-state index in [4.69, 9.17) is 9.47 Å². The molecule has 2 rings (SSSR count). The minimum atomic E-state index is 0.175. The van der Waals surface area contributed by atoms with Gasteiger partial charge in [0.15, 0.2) is 0 Å². The molecule has 0 amide bonds. The molecular formula is C10H12BrNO2. The number of pyridine rings is 1. The van der Waals surface area contributed by atoms with E-state index in [9.17, 15) is 0 Å². The van der Waals surface area contributed by atoms with Gasteiger partial charge in [-0.25, -0.2) is 4.98 Å². The molecule has 1 aliphatic heterocycles. The molecule has 14 heavy (non-hydrogen) atoms. The molecule has 3 nitrogen and oxygen atoms in total. The molecule has 0 N–H and O–H groups in total. The van der Waals surface area contributed by atoms with E-state index in [0.29, 0.717) is 12.5 Å². The summed E-state index contributed by atoms with van der Waals surface area (Å²) in [6.45, 7) is 4.38. The van der Waals surface area contributed by atoms with Crippen LogP contribution in [0.1, 0.15) is 6.92 Å². The number of hydrogen-bond acceptors (Lipinski definition) is 3. The van der Waals surface area contributed by atoms with Crippen LogP contribution in [-0.2, 0) is 4.74 Å². The third kappa shape index (κ3) is 2.25. The minimum Gasteiger partial charge on any atom is -0.477 e. The van der Waals surface area contributed by atoms with Crippen LogP contribution < -0.4 is 4.74 Å². The van der Waals surface area contributed by atoms with E-state index >= 15 is 0 Å². The zero-order chi connectivity index (χ0) is 10.0. The molecular weight excluding hydrogens is 246 g/mol. The second kappa shape index (κ2) is 3.87. The van der Waals surface area contributed by atoms with Crippen LogP contribution in [0.2, 0.25) is 0 Å². The van der Waals surface area contributed by atoms with Crippen molar-refractivity contribution in [2.45, 2.75) is 6.92 Å². The van der Waals surface area contributed by atoms with Crippen molar-refractivity contribution >= 4 is 15.9 Å². The van der Waals surface area contributed by atoms with Gasteiger partial charge in [-0.05, 0) is 22.0 Å². The first-order valence-corrected chi connectivity index (χ1v) is 5.29. The number of aromatic nitrogens is 1. The third-order valence-electron chi connectivity index (χ3n) is 2.17. The maximum absolute atomic E-state index is 5.56. The lowest BCUT2D eigenvalue weighted by Gasteiger charge is -2.37. The molecule has 76 valence electrons. The number of hydrogen-bond donors (Lipinski definition) is 0. The van der Waals surface area contributed by atoms with Crippen molar-refractivity contribution in [1.29, 1.82) is 0 Å². The van der Waals surface area contributed by atoms with Crippen molar-refractivity contribution in [3.8, 4) is 5.88 Å². The van der Waals surface area contributed by atoms with Crippen LogP contribution >= 0.6 is 15.9 Å². The van der Waals surface area contributed by atoms with Crippen molar-refractivity contribution in [3.05, 3.63) is 22.8 Å². The van der Waals surface area contributed by atoms with Crippen LogP contribution in [0.25, 0.3) is 0 Å². The average Bonchev–Trinajstić information content (AvgIpc) is 2.14. The highest BCUT2D eigenvalue weighted by atomic mass is 79.9. The molecule has 0 radical (unpaired) electrons. The Labute approximate surface area is 91.6 Å². The Morgan fingerprint density at radius 2 is 2.36 bits per heavy atom. The molecule has 4 heteroatoms. The summed E-state index contributed by atoms with van der Waals surface area (Å²) in [6.07, 6.45) is 1.73. The van der Waals surface area contributed by atoms with Crippen molar-refractivity contribution in [2.75, 3.05) is 19.8 Å². The fourth-order valence-corrected chi connectivity index (χ4v) is 1.46. The van der Waals surface area contributed by atoms with Gasteiger partial charge in [0.05, 0.1) is 19.8 Å². The van der Waals surface area contributed by atoms with E-state index in [1.165, 1.54) is 0 Å². The van der Waals surface area contributed by atoms with E-state index in [-0.39, 0.29) is 5.41 Å². The Morgan fingerprint density at radius 1 is 1.57 bits per heavy atom. The highest BCUT2D eigenvalue weighted by Gasteiger charge is 2.34. The summed E-state index contributed by atoms with van der Waals surface area (Å²) in [5.74, 6) is 0.668. The summed E-state index contributed by atoms with van der Waals surface area (Å²) >= 11 is 3.32. The Bertz CT molecular complexity index is 308. The van der Waals surface area contributed by atoms with Crippen molar-refractivity contribution in [2.24, 2.45) is 5.41 Å². The molecule has 0 saturated carbocycles. The molecule has 1 fully saturated rings. The van der Waals surface area contributed by atoms with Gasteiger partial charge in [0.1, 0.15) is 0 Å². The van der Waals surface area contributed by atoms with E-state index in [1.807, 2.05) is 12.1 Å². The summed E-state index contributed by atoms with van der Waals surface area (Å²) in [4.78, 5) is 4.13. The first kappa shape index (κ1) is 9.93. The predicted octanol–water partition coefficient (Wildman–Crippen LogP) is 2.26. The zero-order valence-corrected chi connectivity index (χ0v) is 9.58. The molecule has 2 heterocycles. The zero-order valence-electron chi connectivity index (χ0n) is 8.00. The topological polar surface area (TPSA) is 31.4 Å². The van der Waals surface area contributed by atoms with Crippen molar-refractivity contribution < 1.29 is 9.47 Å². The van der Waals surface area contributed by atoms with Crippen LogP contribution in [0.15, 0.2) is 22.8 Å². The van der Waals surface area contributed by atoms with Crippen LogP contribution in [0, 0.1) is 5.41 Å². The quantitative estimate of drug-likeness (QED) is 0.833. The van der Waals surface area contributed by atoms with Gasteiger partial charge in [0, 0.05) is 22.2 Å². The highest BCUT2D eigenvalue weighted by Crippen LogP contribution is 2.27. The number of rotatable bonds is 3. The molecule has 0 bridgehead atoms. The molecule has 1 aromatic heterocycles. The summed E-state index contributed by atoms with van der Waals surface area (Å²) in [5.41, 5.74) is 0.175. The predicted molar refractivity (Wildman–Crippen MR) is 56.4 cm³/mol. The number of ether oxygens (including phenoxy) is 2. The summed E-state index contributed by atoms with van der Waals surface area (Å²) in [7, 11) is 0. The SMILES string of the molecule is CC1(COc2ccc(Br)cn2)COC1. The van der Waals surface area contributed by atoms with Gasteiger partial charge < -0.3 is 9.47 Å². The third-order valence-corrected chi connectivity index (χ3v) is 2.64. The largest absolute Gasteiger partial charge is 0.477 e. The smallest absolute Gasteiger partial charge is 0.213 e. The summed E-state index contributed by atoms with van der Waals surface area (Å²) < 4.78 is 11.7. The highest BCUT2D eigenvalue weighted by molar-refractivity contribution is 9.10. The molecule has 1 saturated heterocycles. The molecule has 0 atom stereocenters. The van der Waals surface area contributed by atoms with Gasteiger partial charge >= 0.3 is 0 Å².